The highest BCUT2D eigenvalue weighted by Gasteiger charge is 2.12. The molecular formula is C16H22BrN3. The highest BCUT2D eigenvalue weighted by Crippen LogP contribution is 2.22. The van der Waals surface area contributed by atoms with Crippen molar-refractivity contribution in [2.45, 2.75) is 32.2 Å². The van der Waals surface area contributed by atoms with Gasteiger partial charge in [-0.1, -0.05) is 35.0 Å². The zero-order chi connectivity index (χ0) is 14.4. The summed E-state index contributed by atoms with van der Waals surface area (Å²) in [6.45, 7) is 3.24. The SMILES string of the molecule is CCCNC(CCc1ccnn1C)c1cccc(Br)c1. The van der Waals surface area contributed by atoms with Crippen LogP contribution in [0.5, 0.6) is 0 Å². The number of aryl methyl sites for hydroxylation is 2. The average Bonchev–Trinajstić information content (AvgIpc) is 2.84. The molecule has 0 saturated heterocycles. The van der Waals surface area contributed by atoms with E-state index in [4.69, 9.17) is 0 Å². The second kappa shape index (κ2) is 7.60. The second-order valence-corrected chi connectivity index (χ2v) is 5.96. The summed E-state index contributed by atoms with van der Waals surface area (Å²) in [5.41, 5.74) is 2.62. The Bertz CT molecular complexity index is 536. The van der Waals surface area contributed by atoms with Crippen LogP contribution in [-0.2, 0) is 13.5 Å². The van der Waals surface area contributed by atoms with Crippen molar-refractivity contribution in [3.8, 4) is 0 Å². The van der Waals surface area contributed by atoms with Gasteiger partial charge in [-0.3, -0.25) is 4.68 Å². The molecule has 0 aliphatic carbocycles. The summed E-state index contributed by atoms with van der Waals surface area (Å²) in [5.74, 6) is 0. The molecule has 0 aliphatic heterocycles. The molecule has 1 N–H and O–H groups in total. The van der Waals surface area contributed by atoms with Crippen LogP contribution in [0.25, 0.3) is 0 Å². The molecule has 1 atom stereocenters. The summed E-state index contributed by atoms with van der Waals surface area (Å²) in [7, 11) is 2.00. The molecule has 2 aromatic rings. The Morgan fingerprint density at radius 2 is 2.20 bits per heavy atom. The summed E-state index contributed by atoms with van der Waals surface area (Å²) in [6.07, 6.45) is 5.12. The first-order valence-electron chi connectivity index (χ1n) is 7.16. The van der Waals surface area contributed by atoms with E-state index in [0.717, 1.165) is 30.3 Å². The fraction of sp³-hybridized carbons (Fsp3) is 0.438. The molecule has 0 fully saturated rings. The van der Waals surface area contributed by atoms with Gasteiger partial charge in [-0.15, -0.1) is 0 Å². The second-order valence-electron chi connectivity index (χ2n) is 5.05. The van der Waals surface area contributed by atoms with Crippen LogP contribution in [0, 0.1) is 0 Å². The Morgan fingerprint density at radius 3 is 2.85 bits per heavy atom. The Kier molecular flexibility index (Phi) is 5.80. The Morgan fingerprint density at radius 1 is 1.35 bits per heavy atom. The Labute approximate surface area is 129 Å². The molecule has 2 rings (SSSR count). The lowest BCUT2D eigenvalue weighted by Gasteiger charge is -2.19. The number of aromatic nitrogens is 2. The van der Waals surface area contributed by atoms with E-state index >= 15 is 0 Å². The minimum atomic E-state index is 0.391. The summed E-state index contributed by atoms with van der Waals surface area (Å²) >= 11 is 3.56. The molecule has 0 bridgehead atoms. The minimum Gasteiger partial charge on any atom is -0.310 e. The smallest absolute Gasteiger partial charge is 0.0492 e. The quantitative estimate of drug-likeness (QED) is 0.832. The number of rotatable bonds is 7. The van der Waals surface area contributed by atoms with Crippen LogP contribution in [0.15, 0.2) is 41.0 Å². The van der Waals surface area contributed by atoms with E-state index < -0.39 is 0 Å². The van der Waals surface area contributed by atoms with Gasteiger partial charge in [0.1, 0.15) is 0 Å². The van der Waals surface area contributed by atoms with Crippen LogP contribution >= 0.6 is 15.9 Å². The van der Waals surface area contributed by atoms with Gasteiger partial charge in [0.25, 0.3) is 0 Å². The standard InChI is InChI=1S/C16H22BrN3/c1-3-10-18-16(13-5-4-6-14(17)12-13)8-7-15-9-11-19-20(15)2/h4-6,9,11-12,16,18H,3,7-8,10H2,1-2H3. The molecule has 0 radical (unpaired) electrons. The molecule has 20 heavy (non-hydrogen) atoms. The lowest BCUT2D eigenvalue weighted by Crippen LogP contribution is -2.23. The lowest BCUT2D eigenvalue weighted by molar-refractivity contribution is 0.491. The molecule has 0 saturated carbocycles. The Balaban J connectivity index is 2.05. The van der Waals surface area contributed by atoms with E-state index in [1.807, 2.05) is 17.9 Å². The van der Waals surface area contributed by atoms with E-state index in [1.54, 1.807) is 0 Å². The van der Waals surface area contributed by atoms with Gasteiger partial charge in [0, 0.05) is 29.5 Å². The number of hydrogen-bond donors (Lipinski definition) is 1. The number of halogens is 1. The predicted octanol–water partition coefficient (Wildman–Crippen LogP) is 3.86. The van der Waals surface area contributed by atoms with Gasteiger partial charge in [-0.05, 0) is 49.6 Å². The minimum absolute atomic E-state index is 0.391. The maximum atomic E-state index is 4.23. The van der Waals surface area contributed by atoms with Crippen LogP contribution in [0.2, 0.25) is 0 Å². The van der Waals surface area contributed by atoms with Gasteiger partial charge in [-0.2, -0.15) is 5.10 Å². The van der Waals surface area contributed by atoms with E-state index in [2.05, 4.69) is 63.6 Å². The third-order valence-electron chi connectivity index (χ3n) is 3.50. The fourth-order valence-electron chi connectivity index (χ4n) is 2.37. The van der Waals surface area contributed by atoms with Gasteiger partial charge >= 0.3 is 0 Å². The molecule has 1 unspecified atom stereocenters. The Hall–Kier alpha value is -1.13. The maximum Gasteiger partial charge on any atom is 0.0492 e. The first-order valence-corrected chi connectivity index (χ1v) is 7.95. The molecule has 0 amide bonds. The van der Waals surface area contributed by atoms with Crippen molar-refractivity contribution >= 4 is 15.9 Å². The molecule has 108 valence electrons. The summed E-state index contributed by atoms with van der Waals surface area (Å²) in [5, 5.41) is 7.88. The van der Waals surface area contributed by atoms with Crippen molar-refractivity contribution in [3.63, 3.8) is 0 Å². The molecule has 1 heterocycles. The van der Waals surface area contributed by atoms with Crippen LogP contribution in [0.3, 0.4) is 0 Å². The summed E-state index contributed by atoms with van der Waals surface area (Å²) < 4.78 is 3.09. The molecular weight excluding hydrogens is 314 g/mol. The van der Waals surface area contributed by atoms with Crippen LogP contribution in [-0.4, -0.2) is 16.3 Å². The van der Waals surface area contributed by atoms with Crippen molar-refractivity contribution in [2.75, 3.05) is 6.54 Å². The fourth-order valence-corrected chi connectivity index (χ4v) is 2.78. The van der Waals surface area contributed by atoms with Crippen molar-refractivity contribution in [1.82, 2.24) is 15.1 Å². The van der Waals surface area contributed by atoms with Crippen LogP contribution in [0.1, 0.15) is 37.1 Å². The van der Waals surface area contributed by atoms with Crippen molar-refractivity contribution in [1.29, 1.82) is 0 Å². The van der Waals surface area contributed by atoms with Gasteiger partial charge in [0.15, 0.2) is 0 Å². The molecule has 1 aromatic heterocycles. The highest BCUT2D eigenvalue weighted by atomic mass is 79.9. The van der Waals surface area contributed by atoms with E-state index in [9.17, 15) is 0 Å². The lowest BCUT2D eigenvalue weighted by atomic mass is 10.0. The van der Waals surface area contributed by atoms with Crippen molar-refractivity contribution in [2.24, 2.45) is 7.05 Å². The van der Waals surface area contributed by atoms with Gasteiger partial charge in [0.05, 0.1) is 0 Å². The topological polar surface area (TPSA) is 29.9 Å². The number of hydrogen-bond acceptors (Lipinski definition) is 2. The summed E-state index contributed by atoms with van der Waals surface area (Å²) in [6, 6.07) is 11.1. The average molecular weight is 336 g/mol. The monoisotopic (exact) mass is 335 g/mol. The van der Waals surface area contributed by atoms with Crippen molar-refractivity contribution in [3.05, 3.63) is 52.3 Å². The van der Waals surface area contributed by atoms with Gasteiger partial charge < -0.3 is 5.32 Å². The predicted molar refractivity (Wildman–Crippen MR) is 86.7 cm³/mol. The third kappa shape index (κ3) is 4.18. The normalized spacial score (nSPS) is 12.6. The number of nitrogens with one attached hydrogen (secondary N) is 1. The molecule has 1 aromatic carbocycles. The largest absolute Gasteiger partial charge is 0.310 e. The third-order valence-corrected chi connectivity index (χ3v) is 4.00. The van der Waals surface area contributed by atoms with E-state index in [1.165, 1.54) is 11.3 Å². The first kappa shape index (κ1) is 15.3. The molecule has 3 nitrogen and oxygen atoms in total. The van der Waals surface area contributed by atoms with E-state index in [-0.39, 0.29) is 0 Å². The highest BCUT2D eigenvalue weighted by molar-refractivity contribution is 9.10. The number of benzene rings is 1. The zero-order valence-corrected chi connectivity index (χ0v) is 13.7. The maximum absolute atomic E-state index is 4.23. The van der Waals surface area contributed by atoms with Crippen molar-refractivity contribution < 1.29 is 0 Å². The number of nitrogens with zero attached hydrogens (tertiary/aromatic N) is 2. The van der Waals surface area contributed by atoms with Crippen LogP contribution in [0.4, 0.5) is 0 Å². The van der Waals surface area contributed by atoms with Gasteiger partial charge in [-0.25, -0.2) is 0 Å². The summed E-state index contributed by atoms with van der Waals surface area (Å²) in [4.78, 5) is 0. The zero-order valence-electron chi connectivity index (χ0n) is 12.1. The first-order chi connectivity index (χ1) is 9.70. The van der Waals surface area contributed by atoms with Gasteiger partial charge in [0.2, 0.25) is 0 Å². The molecule has 0 aliphatic rings. The molecule has 4 heteroatoms. The van der Waals surface area contributed by atoms with Crippen LogP contribution < -0.4 is 5.32 Å². The molecule has 0 spiro atoms. The van der Waals surface area contributed by atoms with E-state index in [0.29, 0.717) is 6.04 Å².